The molecule has 0 saturated heterocycles. The number of benzene rings is 2. The molecule has 2 aromatic carbocycles. The van der Waals surface area contributed by atoms with E-state index in [0.29, 0.717) is 23.2 Å². The predicted molar refractivity (Wildman–Crippen MR) is 126 cm³/mol. The molecule has 0 bridgehead atoms. The lowest BCUT2D eigenvalue weighted by atomic mass is 10.0. The molecule has 0 fully saturated rings. The highest BCUT2D eigenvalue weighted by Gasteiger charge is 2.24. The van der Waals surface area contributed by atoms with Crippen LogP contribution in [0.3, 0.4) is 0 Å². The molecule has 0 saturated carbocycles. The standard InChI is InChI=1S/C24H24N2O2S2/c1-4-29-19-10-5-8-17(14-19)23(27)26(15-18-9-7-13-28-18)24-25-22-20(16(2)3)11-6-12-21(22)30-24/h5-14,16H,4,15H2,1-3H3. The van der Waals surface area contributed by atoms with Crippen molar-refractivity contribution in [3.63, 3.8) is 0 Å². The number of carbonyl (C=O) groups excluding carboxylic acids is 1. The maximum Gasteiger partial charge on any atom is 0.260 e. The summed E-state index contributed by atoms with van der Waals surface area (Å²) in [5.74, 6) is 1.98. The second-order valence-corrected chi connectivity index (χ2v) is 9.62. The molecule has 6 heteroatoms. The van der Waals surface area contributed by atoms with Crippen molar-refractivity contribution in [2.45, 2.75) is 38.1 Å². The Bertz CT molecular complexity index is 1150. The van der Waals surface area contributed by atoms with Gasteiger partial charge in [-0.05, 0) is 53.6 Å². The highest BCUT2D eigenvalue weighted by molar-refractivity contribution is 7.99. The topological polar surface area (TPSA) is 46.3 Å². The highest BCUT2D eigenvalue weighted by Crippen LogP contribution is 2.35. The molecule has 0 aliphatic rings. The monoisotopic (exact) mass is 436 g/mol. The number of amides is 1. The highest BCUT2D eigenvalue weighted by atomic mass is 32.2. The molecule has 2 heterocycles. The smallest absolute Gasteiger partial charge is 0.260 e. The maximum atomic E-state index is 13.6. The van der Waals surface area contributed by atoms with E-state index in [9.17, 15) is 4.79 Å². The number of para-hydroxylation sites is 1. The van der Waals surface area contributed by atoms with Crippen LogP contribution in [0, 0.1) is 0 Å². The zero-order valence-corrected chi connectivity index (χ0v) is 18.9. The van der Waals surface area contributed by atoms with E-state index in [1.807, 2.05) is 36.4 Å². The fourth-order valence-electron chi connectivity index (χ4n) is 3.37. The summed E-state index contributed by atoms with van der Waals surface area (Å²) in [6, 6.07) is 17.8. The summed E-state index contributed by atoms with van der Waals surface area (Å²) >= 11 is 3.27. The molecule has 0 atom stereocenters. The molecule has 0 unspecified atom stereocenters. The summed E-state index contributed by atoms with van der Waals surface area (Å²) < 4.78 is 6.64. The van der Waals surface area contributed by atoms with Crippen molar-refractivity contribution in [3.05, 3.63) is 77.7 Å². The van der Waals surface area contributed by atoms with Gasteiger partial charge in [-0.2, -0.15) is 0 Å². The van der Waals surface area contributed by atoms with Crippen LogP contribution in [-0.4, -0.2) is 16.6 Å². The lowest BCUT2D eigenvalue weighted by Crippen LogP contribution is -2.30. The van der Waals surface area contributed by atoms with Crippen molar-refractivity contribution in [1.82, 2.24) is 4.98 Å². The minimum absolute atomic E-state index is 0.0740. The third kappa shape index (κ3) is 4.30. The number of rotatable bonds is 7. The van der Waals surface area contributed by atoms with Gasteiger partial charge in [0.1, 0.15) is 5.76 Å². The minimum atomic E-state index is -0.0740. The van der Waals surface area contributed by atoms with Crippen LogP contribution in [0.15, 0.2) is 70.2 Å². The number of hydrogen-bond acceptors (Lipinski definition) is 5. The van der Waals surface area contributed by atoms with E-state index in [0.717, 1.165) is 26.6 Å². The third-order valence-electron chi connectivity index (χ3n) is 4.82. The fraction of sp³-hybridized carbons (Fsp3) is 0.250. The number of fused-ring (bicyclic) bond motifs is 1. The van der Waals surface area contributed by atoms with Crippen LogP contribution < -0.4 is 4.90 Å². The first kappa shape index (κ1) is 20.7. The quantitative estimate of drug-likeness (QED) is 0.293. The van der Waals surface area contributed by atoms with Crippen LogP contribution >= 0.6 is 23.1 Å². The van der Waals surface area contributed by atoms with Gasteiger partial charge in [0.05, 0.1) is 23.0 Å². The first-order chi connectivity index (χ1) is 14.6. The fourth-order valence-corrected chi connectivity index (χ4v) is 5.08. The van der Waals surface area contributed by atoms with Gasteiger partial charge in [0.25, 0.3) is 5.91 Å². The van der Waals surface area contributed by atoms with Crippen LogP contribution in [-0.2, 0) is 6.54 Å². The summed E-state index contributed by atoms with van der Waals surface area (Å²) in [7, 11) is 0. The van der Waals surface area contributed by atoms with Crippen molar-refractivity contribution in [3.8, 4) is 0 Å². The average Bonchev–Trinajstić information content (AvgIpc) is 3.41. The van der Waals surface area contributed by atoms with Gasteiger partial charge in [0.15, 0.2) is 5.13 Å². The molecule has 30 heavy (non-hydrogen) atoms. The predicted octanol–water partition coefficient (Wildman–Crippen LogP) is 6.97. The Morgan fingerprint density at radius 3 is 2.73 bits per heavy atom. The van der Waals surface area contributed by atoms with E-state index in [1.165, 1.54) is 5.56 Å². The normalized spacial score (nSPS) is 11.3. The first-order valence-electron chi connectivity index (χ1n) is 10.0. The molecule has 4 nitrogen and oxygen atoms in total. The number of furan rings is 1. The minimum Gasteiger partial charge on any atom is -0.467 e. The van der Waals surface area contributed by atoms with E-state index in [-0.39, 0.29) is 5.91 Å². The molecule has 4 rings (SSSR count). The van der Waals surface area contributed by atoms with E-state index < -0.39 is 0 Å². The molecule has 0 radical (unpaired) electrons. The number of hydrogen-bond donors (Lipinski definition) is 0. The number of thioether (sulfide) groups is 1. The summed E-state index contributed by atoms with van der Waals surface area (Å²) in [6.45, 7) is 6.77. The summed E-state index contributed by atoms with van der Waals surface area (Å²) in [5, 5.41) is 0.688. The molecule has 4 aromatic rings. The molecule has 2 aromatic heterocycles. The summed E-state index contributed by atoms with van der Waals surface area (Å²) in [6.07, 6.45) is 1.63. The van der Waals surface area contributed by atoms with Crippen molar-refractivity contribution in [2.24, 2.45) is 0 Å². The number of anilines is 1. The first-order valence-corrected chi connectivity index (χ1v) is 11.8. The van der Waals surface area contributed by atoms with Gasteiger partial charge in [-0.25, -0.2) is 4.98 Å². The van der Waals surface area contributed by atoms with Crippen molar-refractivity contribution < 1.29 is 9.21 Å². The second-order valence-electron chi connectivity index (χ2n) is 7.28. The van der Waals surface area contributed by atoms with Crippen LogP contribution in [0.25, 0.3) is 10.2 Å². The molecule has 1 amide bonds. The van der Waals surface area contributed by atoms with E-state index in [4.69, 9.17) is 9.40 Å². The molecule has 0 aliphatic heterocycles. The molecular formula is C24H24N2O2S2. The van der Waals surface area contributed by atoms with Gasteiger partial charge in [0.2, 0.25) is 0 Å². The Morgan fingerprint density at radius 1 is 1.17 bits per heavy atom. The van der Waals surface area contributed by atoms with Gasteiger partial charge in [-0.1, -0.05) is 50.3 Å². The Kier molecular flexibility index (Phi) is 6.25. The Balaban J connectivity index is 1.77. The number of thiazole rings is 1. The van der Waals surface area contributed by atoms with Gasteiger partial charge in [0, 0.05) is 10.5 Å². The van der Waals surface area contributed by atoms with Crippen molar-refractivity contribution in [1.29, 1.82) is 0 Å². The Morgan fingerprint density at radius 2 is 2.00 bits per heavy atom. The summed E-state index contributed by atoms with van der Waals surface area (Å²) in [5.41, 5.74) is 2.82. The SMILES string of the molecule is CCSc1cccc(C(=O)N(Cc2ccco2)c2nc3c(C(C)C)cccc3s2)c1. The molecule has 154 valence electrons. The van der Waals surface area contributed by atoms with E-state index in [1.54, 1.807) is 34.3 Å². The van der Waals surface area contributed by atoms with Crippen molar-refractivity contribution in [2.75, 3.05) is 10.7 Å². The van der Waals surface area contributed by atoms with Gasteiger partial charge in [-0.3, -0.25) is 9.69 Å². The van der Waals surface area contributed by atoms with E-state index >= 15 is 0 Å². The maximum absolute atomic E-state index is 13.6. The lowest BCUT2D eigenvalue weighted by Gasteiger charge is -2.19. The Hall–Kier alpha value is -2.57. The number of aromatic nitrogens is 1. The summed E-state index contributed by atoms with van der Waals surface area (Å²) in [4.78, 5) is 21.3. The molecule has 0 N–H and O–H groups in total. The largest absolute Gasteiger partial charge is 0.467 e. The number of carbonyl (C=O) groups is 1. The van der Waals surface area contributed by atoms with Gasteiger partial charge >= 0.3 is 0 Å². The van der Waals surface area contributed by atoms with Gasteiger partial charge in [-0.15, -0.1) is 11.8 Å². The van der Waals surface area contributed by atoms with Crippen LogP contribution in [0.2, 0.25) is 0 Å². The van der Waals surface area contributed by atoms with Crippen molar-refractivity contribution >= 4 is 44.4 Å². The number of nitrogens with zero attached hydrogens (tertiary/aromatic N) is 2. The molecular weight excluding hydrogens is 412 g/mol. The average molecular weight is 437 g/mol. The van der Waals surface area contributed by atoms with Crippen LogP contribution in [0.4, 0.5) is 5.13 Å². The second kappa shape index (κ2) is 9.06. The van der Waals surface area contributed by atoms with Crippen LogP contribution in [0.5, 0.6) is 0 Å². The lowest BCUT2D eigenvalue weighted by molar-refractivity contribution is 0.0983. The van der Waals surface area contributed by atoms with E-state index in [2.05, 4.69) is 39.0 Å². The Labute approximate surface area is 184 Å². The molecule has 0 spiro atoms. The third-order valence-corrected chi connectivity index (χ3v) is 6.74. The zero-order valence-electron chi connectivity index (χ0n) is 17.3. The zero-order chi connectivity index (χ0) is 21.1. The molecule has 0 aliphatic carbocycles. The van der Waals surface area contributed by atoms with Crippen LogP contribution in [0.1, 0.15) is 48.4 Å². The van der Waals surface area contributed by atoms with Gasteiger partial charge < -0.3 is 4.42 Å².